The third kappa shape index (κ3) is 4.36. The molecule has 0 aliphatic carbocycles. The highest BCUT2D eigenvalue weighted by Crippen LogP contribution is 2.35. The maximum Gasteiger partial charge on any atom is 0.387 e. The molecule has 0 unspecified atom stereocenters. The van der Waals surface area contributed by atoms with Crippen molar-refractivity contribution in [2.45, 2.75) is 26.5 Å². The maximum atomic E-state index is 12.5. The number of thiocarbonyl (C=S) groups is 1. The monoisotopic (exact) mass is 372 g/mol. The summed E-state index contributed by atoms with van der Waals surface area (Å²) in [7, 11) is 1.34. The molecule has 2 N–H and O–H groups in total. The molecular formula is C16H18F2N2O4S. The molecule has 0 radical (unpaired) electrons. The summed E-state index contributed by atoms with van der Waals surface area (Å²) < 4.78 is 39.5. The van der Waals surface area contributed by atoms with Crippen molar-refractivity contribution in [2.24, 2.45) is 0 Å². The van der Waals surface area contributed by atoms with Crippen molar-refractivity contribution < 1.29 is 27.8 Å². The molecule has 2 rings (SSSR count). The lowest BCUT2D eigenvalue weighted by Crippen LogP contribution is -2.45. The second-order valence-corrected chi connectivity index (χ2v) is 5.49. The molecule has 0 saturated heterocycles. The van der Waals surface area contributed by atoms with Crippen LogP contribution < -0.4 is 20.1 Å². The first kappa shape index (κ1) is 18.9. The molecule has 1 atom stereocenters. The van der Waals surface area contributed by atoms with Gasteiger partial charge in [-0.05, 0) is 43.8 Å². The number of allylic oxidation sites excluding steroid dienone is 1. The van der Waals surface area contributed by atoms with Gasteiger partial charge in [0.05, 0.1) is 25.3 Å². The molecule has 1 aliphatic heterocycles. The first-order chi connectivity index (χ1) is 11.9. The molecule has 0 aromatic heterocycles. The van der Waals surface area contributed by atoms with Crippen LogP contribution in [0.3, 0.4) is 0 Å². The molecule has 1 aromatic rings. The number of alkyl halides is 2. The summed E-state index contributed by atoms with van der Waals surface area (Å²) in [6.07, 6.45) is 0. The Hall–Kier alpha value is -2.42. The van der Waals surface area contributed by atoms with Gasteiger partial charge >= 0.3 is 12.6 Å². The molecule has 0 bridgehead atoms. The van der Waals surface area contributed by atoms with E-state index in [0.29, 0.717) is 21.9 Å². The number of carbonyl (C=O) groups excluding carboxylic acids is 1. The minimum Gasteiger partial charge on any atom is -0.493 e. The Morgan fingerprint density at radius 1 is 1.36 bits per heavy atom. The molecule has 0 saturated carbocycles. The van der Waals surface area contributed by atoms with E-state index < -0.39 is 18.6 Å². The Morgan fingerprint density at radius 3 is 2.68 bits per heavy atom. The number of hydrogen-bond acceptors (Lipinski definition) is 5. The van der Waals surface area contributed by atoms with Gasteiger partial charge in [0.15, 0.2) is 16.6 Å². The Morgan fingerprint density at radius 2 is 2.08 bits per heavy atom. The Bertz CT molecular complexity index is 709. The summed E-state index contributed by atoms with van der Waals surface area (Å²) in [5.41, 5.74) is 1.49. The van der Waals surface area contributed by atoms with E-state index >= 15 is 0 Å². The Balaban J connectivity index is 2.44. The normalized spacial score (nSPS) is 17.0. The molecule has 0 fully saturated rings. The molecule has 0 amide bonds. The molecule has 136 valence electrons. The Labute approximate surface area is 149 Å². The topological polar surface area (TPSA) is 68.8 Å². The van der Waals surface area contributed by atoms with Crippen LogP contribution in [0.2, 0.25) is 0 Å². The second-order valence-electron chi connectivity index (χ2n) is 5.08. The predicted molar refractivity (Wildman–Crippen MR) is 90.6 cm³/mol. The molecule has 1 heterocycles. The standard InChI is InChI=1S/C16H18F2N2O4S/c1-4-23-14(21)12-8(2)19-16(25)20-13(12)9-5-6-10(24-15(17)18)11(7-9)22-3/h5-7,13,15H,4H2,1-3H3,(H2,19,20,25)/t13-/m0/s1. The fraction of sp³-hybridized carbons (Fsp3) is 0.375. The number of carbonyl (C=O) groups is 1. The van der Waals surface area contributed by atoms with E-state index in [2.05, 4.69) is 15.4 Å². The van der Waals surface area contributed by atoms with E-state index in [1.807, 2.05) is 0 Å². The molecule has 6 nitrogen and oxygen atoms in total. The van der Waals surface area contributed by atoms with Gasteiger partial charge in [0.2, 0.25) is 0 Å². The van der Waals surface area contributed by atoms with Crippen molar-refractivity contribution >= 4 is 23.3 Å². The number of halogens is 2. The second kappa shape index (κ2) is 8.11. The van der Waals surface area contributed by atoms with Crippen LogP contribution in [0.1, 0.15) is 25.5 Å². The molecule has 9 heteroatoms. The zero-order valence-corrected chi connectivity index (χ0v) is 14.7. The van der Waals surface area contributed by atoms with Gasteiger partial charge in [-0.1, -0.05) is 6.07 Å². The highest BCUT2D eigenvalue weighted by molar-refractivity contribution is 7.80. The molecule has 1 aromatic carbocycles. The molecule has 0 spiro atoms. The average molecular weight is 372 g/mol. The SMILES string of the molecule is CCOC(=O)C1=C(C)NC(=S)N[C@H]1c1ccc(OC(F)F)c(OC)c1. The summed E-state index contributed by atoms with van der Waals surface area (Å²) in [4.78, 5) is 12.3. The smallest absolute Gasteiger partial charge is 0.387 e. The number of ether oxygens (including phenoxy) is 3. The number of benzene rings is 1. The summed E-state index contributed by atoms with van der Waals surface area (Å²) >= 11 is 5.14. The number of hydrogen-bond donors (Lipinski definition) is 2. The van der Waals surface area contributed by atoms with Crippen LogP contribution in [0.4, 0.5) is 8.78 Å². The van der Waals surface area contributed by atoms with Crippen molar-refractivity contribution in [2.75, 3.05) is 13.7 Å². The number of methoxy groups -OCH3 is 1. The minimum absolute atomic E-state index is 0.101. The maximum absolute atomic E-state index is 12.5. The molecule has 1 aliphatic rings. The third-order valence-corrected chi connectivity index (χ3v) is 3.72. The first-order valence-electron chi connectivity index (χ1n) is 7.45. The first-order valence-corrected chi connectivity index (χ1v) is 7.86. The van der Waals surface area contributed by atoms with Gasteiger partial charge in [-0.2, -0.15) is 8.78 Å². The lowest BCUT2D eigenvalue weighted by Gasteiger charge is -2.30. The predicted octanol–water partition coefficient (Wildman–Crippen LogP) is 2.65. The van der Waals surface area contributed by atoms with Crippen LogP contribution in [0, 0.1) is 0 Å². The fourth-order valence-corrected chi connectivity index (χ4v) is 2.75. The van der Waals surface area contributed by atoms with E-state index in [1.54, 1.807) is 19.9 Å². The van der Waals surface area contributed by atoms with E-state index in [9.17, 15) is 13.6 Å². The van der Waals surface area contributed by atoms with Crippen LogP contribution in [-0.4, -0.2) is 31.4 Å². The lowest BCUT2D eigenvalue weighted by molar-refractivity contribution is -0.139. The quantitative estimate of drug-likeness (QED) is 0.588. The van der Waals surface area contributed by atoms with Crippen LogP contribution >= 0.6 is 12.2 Å². The zero-order valence-electron chi connectivity index (χ0n) is 13.9. The summed E-state index contributed by atoms with van der Waals surface area (Å²) in [6, 6.07) is 3.81. The fourth-order valence-electron chi connectivity index (χ4n) is 2.48. The largest absolute Gasteiger partial charge is 0.493 e. The van der Waals surface area contributed by atoms with Crippen LogP contribution in [0.15, 0.2) is 29.5 Å². The molecular weight excluding hydrogens is 354 g/mol. The summed E-state index contributed by atoms with van der Waals surface area (Å²) in [6.45, 7) is 0.660. The van der Waals surface area contributed by atoms with E-state index in [4.69, 9.17) is 21.7 Å². The van der Waals surface area contributed by atoms with Crippen LogP contribution in [0.5, 0.6) is 11.5 Å². The Kier molecular flexibility index (Phi) is 6.13. The van der Waals surface area contributed by atoms with Gasteiger partial charge in [-0.3, -0.25) is 0 Å². The van der Waals surface area contributed by atoms with Crippen molar-refractivity contribution in [3.05, 3.63) is 35.0 Å². The van der Waals surface area contributed by atoms with Crippen molar-refractivity contribution in [1.29, 1.82) is 0 Å². The summed E-state index contributed by atoms with van der Waals surface area (Å²) in [5.74, 6) is -0.486. The number of rotatable bonds is 6. The minimum atomic E-state index is -2.97. The van der Waals surface area contributed by atoms with Gasteiger partial charge in [0.25, 0.3) is 0 Å². The van der Waals surface area contributed by atoms with Crippen LogP contribution in [0.25, 0.3) is 0 Å². The zero-order chi connectivity index (χ0) is 18.6. The van der Waals surface area contributed by atoms with Crippen molar-refractivity contribution in [1.82, 2.24) is 10.6 Å². The van der Waals surface area contributed by atoms with E-state index in [0.717, 1.165) is 0 Å². The number of nitrogens with one attached hydrogen (secondary N) is 2. The average Bonchev–Trinajstić information content (AvgIpc) is 2.54. The van der Waals surface area contributed by atoms with Gasteiger partial charge in [0, 0.05) is 5.70 Å². The number of esters is 1. The third-order valence-electron chi connectivity index (χ3n) is 3.50. The molecule has 25 heavy (non-hydrogen) atoms. The van der Waals surface area contributed by atoms with Crippen LogP contribution in [-0.2, 0) is 9.53 Å². The van der Waals surface area contributed by atoms with E-state index in [1.165, 1.54) is 19.2 Å². The van der Waals surface area contributed by atoms with Gasteiger partial charge < -0.3 is 24.8 Å². The van der Waals surface area contributed by atoms with Gasteiger partial charge in [-0.15, -0.1) is 0 Å². The highest BCUT2D eigenvalue weighted by atomic mass is 32.1. The van der Waals surface area contributed by atoms with Gasteiger partial charge in [0.1, 0.15) is 0 Å². The van der Waals surface area contributed by atoms with E-state index in [-0.39, 0.29) is 18.1 Å². The van der Waals surface area contributed by atoms with Gasteiger partial charge in [-0.25, -0.2) is 4.79 Å². The van der Waals surface area contributed by atoms with Crippen molar-refractivity contribution in [3.63, 3.8) is 0 Å². The van der Waals surface area contributed by atoms with Crippen molar-refractivity contribution in [3.8, 4) is 11.5 Å². The lowest BCUT2D eigenvalue weighted by atomic mass is 9.95. The highest BCUT2D eigenvalue weighted by Gasteiger charge is 2.31. The summed E-state index contributed by atoms with van der Waals surface area (Å²) in [5, 5.41) is 6.20.